The molecule has 0 amide bonds. The van der Waals surface area contributed by atoms with Crippen LogP contribution in [0.25, 0.3) is 0 Å². The van der Waals surface area contributed by atoms with E-state index in [-0.39, 0.29) is 12.0 Å². The van der Waals surface area contributed by atoms with Crippen LogP contribution in [0.2, 0.25) is 0 Å². The first-order chi connectivity index (χ1) is 8.88. The highest BCUT2D eigenvalue weighted by atomic mass is 32.2. The fourth-order valence-corrected chi connectivity index (χ4v) is 1.63. The molecule has 19 heavy (non-hydrogen) atoms. The number of benzene rings is 1. The van der Waals surface area contributed by atoms with Crippen LogP contribution in [0.3, 0.4) is 0 Å². The summed E-state index contributed by atoms with van der Waals surface area (Å²) < 4.78 is 3.78. The van der Waals surface area contributed by atoms with Gasteiger partial charge < -0.3 is 5.26 Å². The van der Waals surface area contributed by atoms with Crippen molar-refractivity contribution in [3.05, 3.63) is 42.5 Å². The van der Waals surface area contributed by atoms with Gasteiger partial charge in [-0.1, -0.05) is 0 Å². The lowest BCUT2D eigenvalue weighted by atomic mass is 10.2. The summed E-state index contributed by atoms with van der Waals surface area (Å²) in [6.45, 7) is 0. The van der Waals surface area contributed by atoms with Gasteiger partial charge in [0.15, 0.2) is 4.90 Å². The Hall–Kier alpha value is -2.35. The Morgan fingerprint density at radius 2 is 1.42 bits per heavy atom. The van der Waals surface area contributed by atoms with Crippen LogP contribution in [-0.4, -0.2) is 14.8 Å². The van der Waals surface area contributed by atoms with Crippen LogP contribution in [0.4, 0.5) is 17.1 Å². The minimum absolute atomic E-state index is 0.0899. The number of nitro benzene ring substituents is 3. The van der Waals surface area contributed by atoms with Crippen molar-refractivity contribution in [2.75, 3.05) is 0 Å². The number of rotatable bonds is 6. The quantitative estimate of drug-likeness (QED) is 0.313. The van der Waals surface area contributed by atoms with Crippen molar-refractivity contribution in [3.8, 4) is 0 Å². The van der Waals surface area contributed by atoms with Crippen LogP contribution in [-0.2, 0) is 9.37 Å². The van der Waals surface area contributed by atoms with Crippen molar-refractivity contribution in [2.45, 2.75) is 4.90 Å². The van der Waals surface area contributed by atoms with Crippen molar-refractivity contribution in [2.24, 2.45) is 0 Å². The van der Waals surface area contributed by atoms with Crippen molar-refractivity contribution < 1.29 is 29.4 Å². The van der Waals surface area contributed by atoms with Gasteiger partial charge in [0.25, 0.3) is 17.1 Å². The van der Waals surface area contributed by atoms with E-state index < -0.39 is 36.7 Å². The molecule has 0 spiro atoms. The van der Waals surface area contributed by atoms with Crippen molar-refractivity contribution in [3.63, 3.8) is 0 Å². The molecule has 13 heteroatoms. The maximum Gasteiger partial charge on any atom is 0.299 e. The van der Waals surface area contributed by atoms with Crippen molar-refractivity contribution in [1.82, 2.24) is 0 Å². The summed E-state index contributed by atoms with van der Waals surface area (Å²) in [5, 5.41) is 44.5. The smallest absolute Gasteiger partial charge is 0.299 e. The van der Waals surface area contributed by atoms with E-state index in [4.69, 9.17) is 0 Å². The van der Waals surface area contributed by atoms with Gasteiger partial charge in [0.2, 0.25) is 0 Å². The van der Waals surface area contributed by atoms with Crippen molar-refractivity contribution in [1.29, 1.82) is 0 Å². The molecule has 0 radical (unpaired) electrons. The average molecular weight is 292 g/mol. The summed E-state index contributed by atoms with van der Waals surface area (Å²) in [5.74, 6) is 0. The number of nitrogens with zero attached hydrogens (tertiary/aromatic N) is 3. The highest BCUT2D eigenvalue weighted by molar-refractivity contribution is 7.94. The number of hydrogen-bond acceptors (Lipinski definition) is 10. The Bertz CT molecular complexity index is 512. The van der Waals surface area contributed by atoms with Gasteiger partial charge in [-0.3, -0.25) is 35.4 Å². The average Bonchev–Trinajstić information content (AvgIpc) is 2.34. The molecule has 0 saturated heterocycles. The third-order valence-corrected chi connectivity index (χ3v) is 2.49. The Kier molecular flexibility index (Phi) is 4.65. The molecular formula is C6H2N3O9S-. The summed E-state index contributed by atoms with van der Waals surface area (Å²) >= 11 is -0.0899. The summed E-state index contributed by atoms with van der Waals surface area (Å²) in [7, 11) is 0. The van der Waals surface area contributed by atoms with E-state index in [1.807, 2.05) is 0 Å². The van der Waals surface area contributed by atoms with E-state index in [1.165, 1.54) is 0 Å². The normalized spacial score (nSPS) is 10.2. The molecule has 0 aliphatic carbocycles. The van der Waals surface area contributed by atoms with Gasteiger partial charge in [0, 0.05) is 0 Å². The van der Waals surface area contributed by atoms with Gasteiger partial charge in [-0.25, -0.2) is 0 Å². The topological polar surface area (TPSA) is 171 Å². The molecule has 0 fully saturated rings. The molecule has 0 aliphatic rings. The van der Waals surface area contributed by atoms with Crippen LogP contribution < -0.4 is 5.26 Å². The molecular weight excluding hydrogens is 290 g/mol. The van der Waals surface area contributed by atoms with Crippen LogP contribution >= 0.6 is 12.0 Å². The Labute approximate surface area is 107 Å². The number of non-ortho nitro benzene ring substituents is 1. The zero-order chi connectivity index (χ0) is 14.6. The lowest BCUT2D eigenvalue weighted by Gasteiger charge is -2.05. The lowest BCUT2D eigenvalue weighted by molar-refractivity contribution is -0.777. The van der Waals surface area contributed by atoms with Crippen LogP contribution in [0.1, 0.15) is 0 Å². The van der Waals surface area contributed by atoms with Crippen LogP contribution in [0, 0.1) is 30.3 Å². The molecule has 0 aliphatic heterocycles. The number of hydrogen-bond donors (Lipinski definition) is 0. The van der Waals surface area contributed by atoms with Gasteiger partial charge in [0.1, 0.15) is 0 Å². The minimum atomic E-state index is -1.09. The second-order valence-electron chi connectivity index (χ2n) is 2.80. The van der Waals surface area contributed by atoms with Gasteiger partial charge >= 0.3 is 0 Å². The maximum absolute atomic E-state index is 10.7. The van der Waals surface area contributed by atoms with E-state index in [0.29, 0.717) is 12.1 Å². The second kappa shape index (κ2) is 6.01. The molecule has 0 unspecified atom stereocenters. The van der Waals surface area contributed by atoms with Crippen molar-refractivity contribution >= 4 is 29.1 Å². The molecule has 0 saturated carbocycles. The second-order valence-corrected chi connectivity index (χ2v) is 3.51. The van der Waals surface area contributed by atoms with Gasteiger partial charge in [-0.2, -0.15) is 4.33 Å². The molecule has 1 aromatic rings. The van der Waals surface area contributed by atoms with Gasteiger partial charge in [0.05, 0.1) is 38.9 Å². The Morgan fingerprint density at radius 3 is 1.74 bits per heavy atom. The lowest BCUT2D eigenvalue weighted by Crippen LogP contribution is -2.03. The summed E-state index contributed by atoms with van der Waals surface area (Å²) in [5.41, 5.74) is -2.75. The summed E-state index contributed by atoms with van der Waals surface area (Å²) in [4.78, 5) is 28.0. The molecule has 1 rings (SSSR count). The van der Waals surface area contributed by atoms with E-state index in [0.717, 1.165) is 0 Å². The first-order valence-corrected chi connectivity index (χ1v) is 4.87. The SMILES string of the molecule is O=[N+]([O-])c1cc([N+](=O)[O-])c(SOO[O-])c([N+](=O)[O-])c1. The van der Waals surface area contributed by atoms with Gasteiger partial charge in [-0.15, -0.1) is 0 Å². The highest BCUT2D eigenvalue weighted by Crippen LogP contribution is 2.40. The van der Waals surface area contributed by atoms with E-state index in [2.05, 4.69) is 9.37 Å². The first kappa shape index (κ1) is 14.7. The molecule has 0 aromatic heterocycles. The highest BCUT2D eigenvalue weighted by Gasteiger charge is 2.31. The zero-order valence-electron chi connectivity index (χ0n) is 8.58. The third-order valence-electron chi connectivity index (χ3n) is 1.78. The fraction of sp³-hybridized carbons (Fsp3) is 0. The molecule has 0 N–H and O–H groups in total. The van der Waals surface area contributed by atoms with E-state index in [1.54, 1.807) is 0 Å². The molecule has 1 aromatic carbocycles. The van der Waals surface area contributed by atoms with Crippen LogP contribution in [0.5, 0.6) is 0 Å². The zero-order valence-corrected chi connectivity index (χ0v) is 9.40. The Morgan fingerprint density at radius 1 is 0.947 bits per heavy atom. The fourth-order valence-electron chi connectivity index (χ4n) is 1.09. The molecule has 0 heterocycles. The van der Waals surface area contributed by atoms with Gasteiger partial charge in [-0.05, 0) is 0 Å². The molecule has 102 valence electrons. The standard InChI is InChI=1S/C6H3N3O9S/c10-7(11)3-1-4(8(12)13)6(19-18-17-16)5(2-3)9(14)15/h1-2,16H/p-1. The minimum Gasteiger partial charge on any atom is -0.691 e. The summed E-state index contributed by atoms with van der Waals surface area (Å²) in [6.07, 6.45) is 0. The van der Waals surface area contributed by atoms with E-state index in [9.17, 15) is 35.6 Å². The van der Waals surface area contributed by atoms with Crippen LogP contribution in [0.15, 0.2) is 17.0 Å². The van der Waals surface area contributed by atoms with E-state index >= 15 is 0 Å². The molecule has 0 atom stereocenters. The number of nitro groups is 3. The predicted molar refractivity (Wildman–Crippen MR) is 54.4 cm³/mol. The largest absolute Gasteiger partial charge is 0.691 e. The Balaban J connectivity index is 3.50. The molecule has 0 bridgehead atoms. The maximum atomic E-state index is 10.7. The third kappa shape index (κ3) is 3.32. The monoisotopic (exact) mass is 292 g/mol. The molecule has 12 nitrogen and oxygen atoms in total. The first-order valence-electron chi connectivity index (χ1n) is 4.13. The predicted octanol–water partition coefficient (Wildman–Crippen LogP) is 0.642. The summed E-state index contributed by atoms with van der Waals surface area (Å²) in [6, 6.07) is 1.01.